The topological polar surface area (TPSA) is 84.7 Å². The van der Waals surface area contributed by atoms with Crippen LogP contribution in [-0.2, 0) is 14.3 Å². The lowest BCUT2D eigenvalue weighted by atomic mass is 9.77. The van der Waals surface area contributed by atoms with Crippen LogP contribution in [0.4, 0.5) is 5.69 Å². The van der Waals surface area contributed by atoms with Gasteiger partial charge in [-0.05, 0) is 49.3 Å². The van der Waals surface area contributed by atoms with Crippen LogP contribution < -0.4 is 11.1 Å². The fourth-order valence-electron chi connectivity index (χ4n) is 4.77. The Labute approximate surface area is 176 Å². The second-order valence-corrected chi connectivity index (χ2v) is 8.36. The third-order valence-electron chi connectivity index (χ3n) is 6.48. The molecule has 0 spiro atoms. The number of nitrogens with one attached hydrogen (secondary N) is 1. The van der Waals surface area contributed by atoms with Crippen molar-refractivity contribution >= 4 is 41.5 Å². The van der Waals surface area contributed by atoms with Crippen molar-refractivity contribution in [1.29, 1.82) is 0 Å². The number of benzene rings is 1. The Morgan fingerprint density at radius 2 is 1.96 bits per heavy atom. The van der Waals surface area contributed by atoms with E-state index in [1.807, 2.05) is 23.1 Å². The number of halogens is 2. The van der Waals surface area contributed by atoms with Crippen LogP contribution in [0.3, 0.4) is 0 Å². The first-order valence-electron chi connectivity index (χ1n) is 9.71. The summed E-state index contributed by atoms with van der Waals surface area (Å²) >= 11 is 6.04. The molecule has 0 bridgehead atoms. The Balaban J connectivity index is 0.00000225. The molecule has 1 aromatic rings. The first-order chi connectivity index (χ1) is 13.0. The van der Waals surface area contributed by atoms with Crippen molar-refractivity contribution in [2.24, 2.45) is 17.1 Å². The number of likely N-dealkylation sites (tertiary alicyclic amines) is 1. The van der Waals surface area contributed by atoms with E-state index in [4.69, 9.17) is 22.1 Å². The third kappa shape index (κ3) is 3.75. The van der Waals surface area contributed by atoms with E-state index in [2.05, 4.69) is 5.32 Å². The van der Waals surface area contributed by atoms with Crippen LogP contribution in [0.15, 0.2) is 18.2 Å². The number of carbonyl (C=O) groups is 2. The standard InChI is InChI=1S/C20H26ClN3O3.ClH/c21-14-1-2-15-16(11-14)23-18(25)17(15)13-3-7-24(8-4-13)19(26)20(12-22)5-9-27-10-6-20;/h1-2,11,13,17H,3-10,12,22H2,(H,23,25);1H. The molecule has 1 unspecified atom stereocenters. The van der Waals surface area contributed by atoms with Crippen LogP contribution in [0.5, 0.6) is 0 Å². The molecule has 6 nitrogen and oxygen atoms in total. The molecule has 0 aliphatic carbocycles. The fourth-order valence-corrected chi connectivity index (χ4v) is 4.94. The number of piperidine rings is 1. The van der Waals surface area contributed by atoms with E-state index in [1.54, 1.807) is 0 Å². The van der Waals surface area contributed by atoms with E-state index >= 15 is 0 Å². The molecule has 8 heteroatoms. The van der Waals surface area contributed by atoms with Gasteiger partial charge in [-0.25, -0.2) is 0 Å². The minimum atomic E-state index is -0.473. The lowest BCUT2D eigenvalue weighted by Crippen LogP contribution is -2.53. The van der Waals surface area contributed by atoms with Gasteiger partial charge in [-0.3, -0.25) is 9.59 Å². The normalized spacial score (nSPS) is 24.3. The summed E-state index contributed by atoms with van der Waals surface area (Å²) in [5, 5.41) is 3.58. The van der Waals surface area contributed by atoms with Crippen molar-refractivity contribution in [2.45, 2.75) is 31.6 Å². The third-order valence-corrected chi connectivity index (χ3v) is 6.72. The zero-order valence-corrected chi connectivity index (χ0v) is 17.4. The van der Waals surface area contributed by atoms with Crippen molar-refractivity contribution in [3.8, 4) is 0 Å². The summed E-state index contributed by atoms with van der Waals surface area (Å²) < 4.78 is 5.42. The first kappa shape index (κ1) is 21.4. The van der Waals surface area contributed by atoms with Gasteiger partial charge >= 0.3 is 0 Å². The highest BCUT2D eigenvalue weighted by molar-refractivity contribution is 6.31. The summed E-state index contributed by atoms with van der Waals surface area (Å²) in [6.07, 6.45) is 3.04. The zero-order valence-electron chi connectivity index (χ0n) is 15.8. The lowest BCUT2D eigenvalue weighted by molar-refractivity contribution is -0.148. The minimum absolute atomic E-state index is 0. The Morgan fingerprint density at radius 1 is 1.29 bits per heavy atom. The van der Waals surface area contributed by atoms with Crippen LogP contribution in [0.1, 0.15) is 37.2 Å². The Hall–Kier alpha value is -1.34. The van der Waals surface area contributed by atoms with Crippen LogP contribution in [0, 0.1) is 11.3 Å². The Morgan fingerprint density at radius 3 is 2.61 bits per heavy atom. The number of carbonyl (C=O) groups excluding carboxylic acids is 2. The summed E-state index contributed by atoms with van der Waals surface area (Å²) in [7, 11) is 0. The van der Waals surface area contributed by atoms with Crippen LogP contribution in [-0.4, -0.2) is 49.6 Å². The predicted octanol–water partition coefficient (Wildman–Crippen LogP) is 2.79. The van der Waals surface area contributed by atoms with E-state index < -0.39 is 5.41 Å². The van der Waals surface area contributed by atoms with E-state index in [0.717, 1.165) is 24.1 Å². The molecule has 28 heavy (non-hydrogen) atoms. The molecule has 4 rings (SSSR count). The summed E-state index contributed by atoms with van der Waals surface area (Å²) in [6, 6.07) is 5.59. The number of fused-ring (bicyclic) bond motifs is 1. The highest BCUT2D eigenvalue weighted by Gasteiger charge is 2.44. The van der Waals surface area contributed by atoms with Crippen LogP contribution in [0.25, 0.3) is 0 Å². The summed E-state index contributed by atoms with van der Waals surface area (Å²) in [4.78, 5) is 27.6. The number of hydrogen-bond donors (Lipinski definition) is 2. The second-order valence-electron chi connectivity index (χ2n) is 7.92. The highest BCUT2D eigenvalue weighted by Crippen LogP contribution is 2.43. The zero-order chi connectivity index (χ0) is 19.0. The number of anilines is 1. The molecule has 1 atom stereocenters. The number of rotatable bonds is 3. The molecular formula is C20H27Cl2N3O3. The van der Waals surface area contributed by atoms with Gasteiger partial charge in [0.15, 0.2) is 0 Å². The van der Waals surface area contributed by atoms with Gasteiger partial charge in [-0.15, -0.1) is 12.4 Å². The molecule has 3 aliphatic rings. The van der Waals surface area contributed by atoms with Crippen molar-refractivity contribution in [3.63, 3.8) is 0 Å². The second kappa shape index (κ2) is 8.57. The van der Waals surface area contributed by atoms with E-state index in [9.17, 15) is 9.59 Å². The molecule has 0 saturated carbocycles. The van der Waals surface area contributed by atoms with Crippen molar-refractivity contribution in [3.05, 3.63) is 28.8 Å². The van der Waals surface area contributed by atoms with Gasteiger partial charge in [0.25, 0.3) is 0 Å². The molecule has 2 saturated heterocycles. The average molecular weight is 428 g/mol. The molecule has 0 aromatic heterocycles. The van der Waals surface area contributed by atoms with Crippen LogP contribution in [0.2, 0.25) is 5.02 Å². The maximum atomic E-state index is 13.1. The summed E-state index contributed by atoms with van der Waals surface area (Å²) in [6.45, 7) is 2.92. The monoisotopic (exact) mass is 427 g/mol. The van der Waals surface area contributed by atoms with E-state index in [-0.39, 0.29) is 36.1 Å². The van der Waals surface area contributed by atoms with Crippen LogP contribution >= 0.6 is 24.0 Å². The Kier molecular flexibility index (Phi) is 6.54. The molecule has 3 N–H and O–H groups in total. The van der Waals surface area contributed by atoms with Gasteiger partial charge in [-0.2, -0.15) is 0 Å². The first-order valence-corrected chi connectivity index (χ1v) is 10.1. The van der Waals surface area contributed by atoms with Crippen molar-refractivity contribution in [2.75, 3.05) is 38.2 Å². The Bertz CT molecular complexity index is 744. The van der Waals surface area contributed by atoms with Gasteiger partial charge < -0.3 is 20.7 Å². The minimum Gasteiger partial charge on any atom is -0.381 e. The predicted molar refractivity (Wildman–Crippen MR) is 111 cm³/mol. The number of ether oxygens (including phenoxy) is 1. The quantitative estimate of drug-likeness (QED) is 0.776. The van der Waals surface area contributed by atoms with Gasteiger partial charge in [0, 0.05) is 43.6 Å². The molecule has 2 amide bonds. The van der Waals surface area contributed by atoms with Gasteiger partial charge in [-0.1, -0.05) is 17.7 Å². The largest absolute Gasteiger partial charge is 0.381 e. The van der Waals surface area contributed by atoms with Crippen molar-refractivity contribution in [1.82, 2.24) is 4.90 Å². The highest BCUT2D eigenvalue weighted by atomic mass is 35.5. The molecule has 3 heterocycles. The smallest absolute Gasteiger partial charge is 0.232 e. The molecule has 154 valence electrons. The number of amides is 2. The average Bonchev–Trinajstić information content (AvgIpc) is 3.02. The SMILES string of the molecule is Cl.NCC1(C(=O)N2CCC(C3C(=O)Nc4cc(Cl)ccc43)CC2)CCOCC1. The maximum absolute atomic E-state index is 13.1. The van der Waals surface area contributed by atoms with Gasteiger partial charge in [0.1, 0.15) is 0 Å². The molecule has 3 aliphatic heterocycles. The lowest BCUT2D eigenvalue weighted by Gasteiger charge is -2.42. The van der Waals surface area contributed by atoms with E-state index in [0.29, 0.717) is 50.7 Å². The van der Waals surface area contributed by atoms with Gasteiger partial charge in [0.05, 0.1) is 11.3 Å². The molecule has 1 aromatic carbocycles. The molecule has 2 fully saturated rings. The molecule has 0 radical (unpaired) electrons. The summed E-state index contributed by atoms with van der Waals surface area (Å²) in [5.41, 5.74) is 7.36. The number of hydrogen-bond acceptors (Lipinski definition) is 4. The number of nitrogens with zero attached hydrogens (tertiary/aromatic N) is 1. The molecular weight excluding hydrogens is 401 g/mol. The van der Waals surface area contributed by atoms with Crippen molar-refractivity contribution < 1.29 is 14.3 Å². The fraction of sp³-hybridized carbons (Fsp3) is 0.600. The number of nitrogens with two attached hydrogens (primary N) is 1. The summed E-state index contributed by atoms with van der Waals surface area (Å²) in [5.74, 6) is 0.288. The van der Waals surface area contributed by atoms with E-state index in [1.165, 1.54) is 0 Å². The van der Waals surface area contributed by atoms with Gasteiger partial charge in [0.2, 0.25) is 11.8 Å². The maximum Gasteiger partial charge on any atom is 0.232 e.